The van der Waals surface area contributed by atoms with Crippen molar-refractivity contribution >= 4 is 29.7 Å². The summed E-state index contributed by atoms with van der Waals surface area (Å²) >= 11 is 0. The van der Waals surface area contributed by atoms with Crippen molar-refractivity contribution in [2.24, 2.45) is 0 Å². The minimum absolute atomic E-state index is 0.0128. The topological polar surface area (TPSA) is 154 Å². The molecule has 0 saturated carbocycles. The van der Waals surface area contributed by atoms with Crippen LogP contribution in [0.4, 0.5) is 10.6 Å². The third-order valence-corrected chi connectivity index (χ3v) is 7.79. The second kappa shape index (κ2) is 15.2. The van der Waals surface area contributed by atoms with E-state index in [0.717, 1.165) is 19.3 Å². The quantitative estimate of drug-likeness (QED) is 0.398. The summed E-state index contributed by atoms with van der Waals surface area (Å²) in [6.45, 7) is 6.97. The van der Waals surface area contributed by atoms with Gasteiger partial charge in [-0.2, -0.15) is 0 Å². The lowest BCUT2D eigenvalue weighted by atomic mass is 10.0. The molecule has 2 atom stereocenters. The van der Waals surface area contributed by atoms with Crippen LogP contribution in [0.3, 0.4) is 0 Å². The minimum Gasteiger partial charge on any atom is -0.460 e. The van der Waals surface area contributed by atoms with Crippen LogP contribution in [0.1, 0.15) is 63.4 Å². The monoisotopic (exact) mass is 624 g/mol. The number of amides is 3. The Kier molecular flexibility index (Phi) is 11.3. The number of nitrogens with one attached hydrogen (secondary N) is 1. The van der Waals surface area contributed by atoms with Gasteiger partial charge in [0.25, 0.3) is 5.91 Å². The van der Waals surface area contributed by atoms with Gasteiger partial charge >= 0.3 is 12.1 Å². The van der Waals surface area contributed by atoms with Gasteiger partial charge in [0, 0.05) is 50.8 Å². The van der Waals surface area contributed by atoms with Crippen LogP contribution in [0.15, 0.2) is 36.4 Å². The first-order chi connectivity index (χ1) is 21.5. The zero-order valence-corrected chi connectivity index (χ0v) is 26.5. The number of aromatic nitrogens is 2. The average molecular weight is 625 g/mol. The fourth-order valence-corrected chi connectivity index (χ4v) is 5.51. The van der Waals surface area contributed by atoms with Gasteiger partial charge in [-0.3, -0.25) is 14.4 Å². The zero-order valence-electron chi connectivity index (χ0n) is 26.5. The summed E-state index contributed by atoms with van der Waals surface area (Å²) in [7, 11) is 1.30. The van der Waals surface area contributed by atoms with E-state index in [1.54, 1.807) is 31.7 Å². The number of aliphatic hydroxyl groups excluding tert-OH is 1. The molecule has 244 valence electrons. The Balaban J connectivity index is 1.60. The van der Waals surface area contributed by atoms with Gasteiger partial charge in [-0.05, 0) is 46.5 Å². The summed E-state index contributed by atoms with van der Waals surface area (Å²) < 4.78 is 10.2. The van der Waals surface area contributed by atoms with Gasteiger partial charge < -0.3 is 34.6 Å². The fourth-order valence-electron chi connectivity index (χ4n) is 5.51. The summed E-state index contributed by atoms with van der Waals surface area (Å²) in [5, 5.41) is 12.9. The summed E-state index contributed by atoms with van der Waals surface area (Å²) in [5.41, 5.74) is 0.0783. The maximum Gasteiger partial charge on any atom is 0.409 e. The van der Waals surface area contributed by atoms with E-state index in [-0.39, 0.29) is 63.3 Å². The SMILES string of the molecule is COC(=O)N1CCN(C(=O)[C@H](CCC(=O)OC(C)(C)C)NC(=O)c2cc(N3CCCCC3CO)nc(-c3ccccc3)n2)CC1. The lowest BCUT2D eigenvalue weighted by Crippen LogP contribution is -2.56. The minimum atomic E-state index is -1.05. The Morgan fingerprint density at radius 2 is 1.69 bits per heavy atom. The number of hydrogen-bond donors (Lipinski definition) is 2. The lowest BCUT2D eigenvalue weighted by molar-refractivity contribution is -0.155. The zero-order chi connectivity index (χ0) is 32.6. The Labute approximate surface area is 263 Å². The van der Waals surface area contributed by atoms with E-state index < -0.39 is 29.6 Å². The molecule has 13 heteroatoms. The molecule has 3 heterocycles. The maximum atomic E-state index is 13.8. The largest absolute Gasteiger partial charge is 0.460 e. The number of benzene rings is 1. The number of ether oxygens (including phenoxy) is 2. The first-order valence-corrected chi connectivity index (χ1v) is 15.5. The molecule has 2 fully saturated rings. The first kappa shape index (κ1) is 33.6. The van der Waals surface area contributed by atoms with Gasteiger partial charge in [-0.1, -0.05) is 30.3 Å². The van der Waals surface area contributed by atoms with Gasteiger partial charge in [0.05, 0.1) is 19.8 Å². The second-order valence-electron chi connectivity index (χ2n) is 12.3. The van der Waals surface area contributed by atoms with Gasteiger partial charge in [0.1, 0.15) is 23.2 Å². The van der Waals surface area contributed by atoms with E-state index in [4.69, 9.17) is 14.5 Å². The molecule has 2 aliphatic rings. The number of piperazine rings is 1. The molecular weight excluding hydrogens is 580 g/mol. The number of aliphatic hydroxyl groups is 1. The molecule has 1 unspecified atom stereocenters. The van der Waals surface area contributed by atoms with Crippen molar-refractivity contribution in [2.45, 2.75) is 70.6 Å². The molecule has 2 aliphatic heterocycles. The number of piperidine rings is 1. The number of nitrogens with zero attached hydrogens (tertiary/aromatic N) is 5. The van der Waals surface area contributed by atoms with Crippen molar-refractivity contribution in [3.05, 3.63) is 42.1 Å². The van der Waals surface area contributed by atoms with Crippen LogP contribution >= 0.6 is 0 Å². The van der Waals surface area contributed by atoms with Gasteiger partial charge in [0.15, 0.2) is 5.82 Å². The van der Waals surface area contributed by atoms with Crippen LogP contribution in [0.2, 0.25) is 0 Å². The maximum absolute atomic E-state index is 13.8. The molecule has 1 aromatic carbocycles. The molecule has 4 rings (SSSR count). The smallest absolute Gasteiger partial charge is 0.409 e. The predicted octanol–water partition coefficient (Wildman–Crippen LogP) is 2.63. The number of carbonyl (C=O) groups excluding carboxylic acids is 4. The Hall–Kier alpha value is -4.26. The Bertz CT molecular complexity index is 1340. The van der Waals surface area contributed by atoms with Gasteiger partial charge in [-0.15, -0.1) is 0 Å². The number of methoxy groups -OCH3 is 1. The van der Waals surface area contributed by atoms with Crippen molar-refractivity contribution in [3.63, 3.8) is 0 Å². The number of hydrogen-bond acceptors (Lipinski definition) is 10. The molecule has 0 spiro atoms. The van der Waals surface area contributed by atoms with Crippen molar-refractivity contribution in [3.8, 4) is 11.4 Å². The summed E-state index contributed by atoms with van der Waals surface area (Å²) in [5.74, 6) is -0.588. The fraction of sp³-hybridized carbons (Fsp3) is 0.562. The van der Waals surface area contributed by atoms with Crippen molar-refractivity contribution in [2.75, 3.05) is 51.3 Å². The van der Waals surface area contributed by atoms with E-state index in [9.17, 15) is 24.3 Å². The summed E-state index contributed by atoms with van der Waals surface area (Å²) in [4.78, 5) is 66.5. The van der Waals surface area contributed by atoms with E-state index in [0.29, 0.717) is 23.8 Å². The number of carbonyl (C=O) groups is 4. The number of rotatable bonds is 9. The van der Waals surface area contributed by atoms with E-state index in [1.807, 2.05) is 35.2 Å². The third-order valence-electron chi connectivity index (χ3n) is 7.79. The Morgan fingerprint density at radius 1 is 1.00 bits per heavy atom. The summed E-state index contributed by atoms with van der Waals surface area (Å²) in [6.07, 6.45) is 2.16. The number of anilines is 1. The van der Waals surface area contributed by atoms with Crippen molar-refractivity contribution < 1.29 is 33.8 Å². The Morgan fingerprint density at radius 3 is 2.33 bits per heavy atom. The highest BCUT2D eigenvalue weighted by atomic mass is 16.6. The molecular formula is C32H44N6O7. The molecule has 1 aromatic heterocycles. The molecule has 45 heavy (non-hydrogen) atoms. The van der Waals surface area contributed by atoms with Crippen molar-refractivity contribution in [1.82, 2.24) is 25.1 Å². The third kappa shape index (κ3) is 9.13. The molecule has 3 amide bonds. The van der Waals surface area contributed by atoms with E-state index in [2.05, 4.69) is 10.3 Å². The highest BCUT2D eigenvalue weighted by molar-refractivity contribution is 5.97. The van der Waals surface area contributed by atoms with Crippen LogP contribution < -0.4 is 10.2 Å². The van der Waals surface area contributed by atoms with Gasteiger partial charge in [-0.25, -0.2) is 14.8 Å². The molecule has 2 N–H and O–H groups in total. The highest BCUT2D eigenvalue weighted by Crippen LogP contribution is 2.26. The predicted molar refractivity (Wildman–Crippen MR) is 166 cm³/mol. The first-order valence-electron chi connectivity index (χ1n) is 15.5. The normalized spacial score (nSPS) is 17.8. The van der Waals surface area contributed by atoms with Crippen LogP contribution in [0, 0.1) is 0 Å². The van der Waals surface area contributed by atoms with E-state index >= 15 is 0 Å². The summed E-state index contributed by atoms with van der Waals surface area (Å²) in [6, 6.07) is 9.68. The molecule has 0 aliphatic carbocycles. The molecule has 0 bridgehead atoms. The molecule has 0 radical (unpaired) electrons. The molecule has 2 saturated heterocycles. The van der Waals surface area contributed by atoms with Crippen LogP contribution in [0.25, 0.3) is 11.4 Å². The van der Waals surface area contributed by atoms with Crippen LogP contribution in [-0.2, 0) is 19.1 Å². The highest BCUT2D eigenvalue weighted by Gasteiger charge is 2.32. The van der Waals surface area contributed by atoms with Crippen LogP contribution in [-0.4, -0.2) is 113 Å². The van der Waals surface area contributed by atoms with E-state index in [1.165, 1.54) is 12.0 Å². The van der Waals surface area contributed by atoms with Crippen LogP contribution in [0.5, 0.6) is 0 Å². The lowest BCUT2D eigenvalue weighted by Gasteiger charge is -2.36. The number of esters is 1. The second-order valence-corrected chi connectivity index (χ2v) is 12.3. The standard InChI is InChI=1S/C32H44N6O7/c1-32(2,3)45-27(40)14-13-24(30(42)36-16-18-37(19-17-36)31(43)44-4)34-29(41)25-20-26(38-15-9-8-12-23(38)21-39)35-28(33-25)22-10-6-5-7-11-22/h5-7,10-11,20,23-24,39H,8-9,12-19,21H2,1-4H3,(H,34,41)/t23?,24-/m0/s1. The average Bonchev–Trinajstić information content (AvgIpc) is 3.05. The van der Waals surface area contributed by atoms with Crippen molar-refractivity contribution in [1.29, 1.82) is 0 Å². The molecule has 13 nitrogen and oxygen atoms in total. The molecule has 2 aromatic rings. The van der Waals surface area contributed by atoms with Gasteiger partial charge in [0.2, 0.25) is 5.91 Å².